The number of nitrogens with zero attached hydrogens (tertiary/aromatic N) is 2. The van der Waals surface area contributed by atoms with E-state index in [-0.39, 0.29) is 6.54 Å². The molecule has 0 atom stereocenters. The van der Waals surface area contributed by atoms with Gasteiger partial charge in [-0.05, 0) is 0 Å². The van der Waals surface area contributed by atoms with Gasteiger partial charge in [-0.1, -0.05) is 6.08 Å². The molecule has 0 radical (unpaired) electrons. The van der Waals surface area contributed by atoms with Crippen LogP contribution in [0.5, 0.6) is 0 Å². The third kappa shape index (κ3) is 3.68. The summed E-state index contributed by atoms with van der Waals surface area (Å²) in [5.41, 5.74) is 2.64. The van der Waals surface area contributed by atoms with E-state index in [1.54, 1.807) is 16.5 Å². The van der Waals surface area contributed by atoms with Crippen LogP contribution in [0.25, 0.3) is 0 Å². The van der Waals surface area contributed by atoms with Gasteiger partial charge in [-0.3, -0.25) is 9.69 Å². The van der Waals surface area contributed by atoms with E-state index in [9.17, 15) is 4.79 Å². The second kappa shape index (κ2) is 5.51. The van der Waals surface area contributed by atoms with Gasteiger partial charge in [-0.15, -0.1) is 17.9 Å². The molecule has 1 aromatic rings. The summed E-state index contributed by atoms with van der Waals surface area (Å²) in [5.74, 6) is -0.831. The van der Waals surface area contributed by atoms with E-state index >= 15 is 0 Å². The Bertz CT molecular complexity index is 298. The lowest BCUT2D eigenvalue weighted by Gasteiger charge is -2.16. The zero-order valence-electron chi connectivity index (χ0n) is 7.72. The second-order valence-corrected chi connectivity index (χ2v) is 3.55. The van der Waals surface area contributed by atoms with Crippen LogP contribution in [0.4, 0.5) is 0 Å². The standard InChI is InChI=1S/C9H12N2O2S/c1-2-3-11(5-9(12)13)4-8-6-14-7-10-8/h2,6-7H,1,3-5H2,(H,12,13). The van der Waals surface area contributed by atoms with Crippen LogP contribution in [0.2, 0.25) is 0 Å². The monoisotopic (exact) mass is 212 g/mol. The van der Waals surface area contributed by atoms with Crippen molar-refractivity contribution in [2.45, 2.75) is 6.54 Å². The van der Waals surface area contributed by atoms with Gasteiger partial charge in [-0.25, -0.2) is 4.98 Å². The molecule has 0 amide bonds. The molecule has 5 heteroatoms. The van der Waals surface area contributed by atoms with E-state index in [0.29, 0.717) is 13.1 Å². The first-order valence-electron chi connectivity index (χ1n) is 4.14. The zero-order chi connectivity index (χ0) is 10.4. The Labute approximate surface area is 86.5 Å². The SMILES string of the molecule is C=CCN(CC(=O)O)Cc1cscn1. The molecule has 1 aromatic heterocycles. The molecule has 0 aliphatic rings. The minimum absolute atomic E-state index is 0.0174. The highest BCUT2D eigenvalue weighted by molar-refractivity contribution is 7.07. The highest BCUT2D eigenvalue weighted by Crippen LogP contribution is 2.05. The molecule has 14 heavy (non-hydrogen) atoms. The van der Waals surface area contributed by atoms with E-state index in [1.165, 1.54) is 11.3 Å². The van der Waals surface area contributed by atoms with E-state index in [2.05, 4.69) is 11.6 Å². The molecule has 1 heterocycles. The normalized spacial score (nSPS) is 10.4. The van der Waals surface area contributed by atoms with Crippen molar-refractivity contribution in [1.29, 1.82) is 0 Å². The Hall–Kier alpha value is -1.20. The number of carboxylic acid groups (broad SMARTS) is 1. The first-order chi connectivity index (χ1) is 6.72. The first-order valence-corrected chi connectivity index (χ1v) is 5.08. The van der Waals surface area contributed by atoms with Crippen LogP contribution >= 0.6 is 11.3 Å². The maximum Gasteiger partial charge on any atom is 0.317 e. The van der Waals surface area contributed by atoms with Gasteiger partial charge in [0.1, 0.15) is 0 Å². The number of hydrogen-bond acceptors (Lipinski definition) is 4. The van der Waals surface area contributed by atoms with Crippen LogP contribution in [0, 0.1) is 0 Å². The minimum Gasteiger partial charge on any atom is -0.480 e. The fourth-order valence-electron chi connectivity index (χ4n) is 1.10. The number of aromatic nitrogens is 1. The molecule has 0 aliphatic heterocycles. The highest BCUT2D eigenvalue weighted by Gasteiger charge is 2.09. The second-order valence-electron chi connectivity index (χ2n) is 2.83. The average molecular weight is 212 g/mol. The number of carboxylic acids is 1. The Morgan fingerprint density at radius 1 is 1.79 bits per heavy atom. The maximum absolute atomic E-state index is 10.5. The lowest BCUT2D eigenvalue weighted by atomic mass is 10.4. The highest BCUT2D eigenvalue weighted by atomic mass is 32.1. The molecule has 4 nitrogen and oxygen atoms in total. The largest absolute Gasteiger partial charge is 0.480 e. The van der Waals surface area contributed by atoms with E-state index < -0.39 is 5.97 Å². The molecule has 0 bridgehead atoms. The molecule has 76 valence electrons. The summed E-state index contributed by atoms with van der Waals surface area (Å²) in [7, 11) is 0. The number of rotatable bonds is 6. The molecule has 0 aromatic carbocycles. The van der Waals surface area contributed by atoms with Crippen molar-refractivity contribution in [3.63, 3.8) is 0 Å². The first kappa shape index (κ1) is 10.9. The van der Waals surface area contributed by atoms with Gasteiger partial charge in [-0.2, -0.15) is 0 Å². The number of thiazole rings is 1. The van der Waals surface area contributed by atoms with Crippen molar-refractivity contribution in [3.8, 4) is 0 Å². The Morgan fingerprint density at radius 2 is 2.57 bits per heavy atom. The third-order valence-electron chi connectivity index (χ3n) is 1.62. The van der Waals surface area contributed by atoms with Crippen LogP contribution in [0.3, 0.4) is 0 Å². The fourth-order valence-corrected chi connectivity index (χ4v) is 1.65. The molecule has 0 saturated heterocycles. The van der Waals surface area contributed by atoms with Gasteiger partial charge < -0.3 is 5.11 Å². The van der Waals surface area contributed by atoms with E-state index in [1.807, 2.05) is 5.38 Å². The minimum atomic E-state index is -0.831. The van der Waals surface area contributed by atoms with Crippen molar-refractivity contribution in [3.05, 3.63) is 29.2 Å². The van der Waals surface area contributed by atoms with Gasteiger partial charge in [0.25, 0.3) is 0 Å². The fraction of sp³-hybridized carbons (Fsp3) is 0.333. The third-order valence-corrected chi connectivity index (χ3v) is 2.25. The summed E-state index contributed by atoms with van der Waals surface area (Å²) >= 11 is 1.51. The van der Waals surface area contributed by atoms with Crippen molar-refractivity contribution in [1.82, 2.24) is 9.88 Å². The van der Waals surface area contributed by atoms with E-state index in [0.717, 1.165) is 5.69 Å². The number of carbonyl (C=O) groups is 1. The molecule has 0 aliphatic carbocycles. The van der Waals surface area contributed by atoms with Crippen LogP contribution in [0.15, 0.2) is 23.5 Å². The van der Waals surface area contributed by atoms with Crippen molar-refractivity contribution in [2.24, 2.45) is 0 Å². The zero-order valence-corrected chi connectivity index (χ0v) is 8.54. The topological polar surface area (TPSA) is 53.4 Å². The van der Waals surface area contributed by atoms with Gasteiger partial charge in [0.2, 0.25) is 0 Å². The molecule has 1 rings (SSSR count). The lowest BCUT2D eigenvalue weighted by molar-refractivity contribution is -0.138. The number of hydrogen-bond donors (Lipinski definition) is 1. The van der Waals surface area contributed by atoms with Crippen LogP contribution < -0.4 is 0 Å². The summed E-state index contributed by atoms with van der Waals surface area (Å²) < 4.78 is 0. The van der Waals surface area contributed by atoms with Crippen molar-refractivity contribution >= 4 is 17.3 Å². The summed E-state index contributed by atoms with van der Waals surface area (Å²) in [4.78, 5) is 16.4. The van der Waals surface area contributed by atoms with Crippen LogP contribution in [0.1, 0.15) is 5.69 Å². The van der Waals surface area contributed by atoms with Gasteiger partial charge in [0.05, 0.1) is 17.7 Å². The molecular formula is C9H12N2O2S. The van der Waals surface area contributed by atoms with Crippen molar-refractivity contribution in [2.75, 3.05) is 13.1 Å². The summed E-state index contributed by atoms with van der Waals surface area (Å²) in [6.07, 6.45) is 1.69. The van der Waals surface area contributed by atoms with Crippen LogP contribution in [-0.2, 0) is 11.3 Å². The van der Waals surface area contributed by atoms with E-state index in [4.69, 9.17) is 5.11 Å². The predicted octanol–water partition coefficient (Wildman–Crippen LogP) is 1.22. The smallest absolute Gasteiger partial charge is 0.317 e. The van der Waals surface area contributed by atoms with Crippen LogP contribution in [-0.4, -0.2) is 34.0 Å². The number of aliphatic carboxylic acids is 1. The molecular weight excluding hydrogens is 200 g/mol. The molecule has 0 spiro atoms. The predicted molar refractivity (Wildman–Crippen MR) is 55.2 cm³/mol. The van der Waals surface area contributed by atoms with Gasteiger partial charge in [0.15, 0.2) is 0 Å². The Balaban J connectivity index is 2.50. The molecule has 0 fully saturated rings. The quantitative estimate of drug-likeness (QED) is 0.720. The summed E-state index contributed by atoms with van der Waals surface area (Å²) in [6, 6.07) is 0. The average Bonchev–Trinajstić information content (AvgIpc) is 2.56. The van der Waals surface area contributed by atoms with Gasteiger partial charge >= 0.3 is 5.97 Å². The molecule has 1 N–H and O–H groups in total. The lowest BCUT2D eigenvalue weighted by Crippen LogP contribution is -2.29. The summed E-state index contributed by atoms with van der Waals surface area (Å²) in [6.45, 7) is 4.72. The van der Waals surface area contributed by atoms with Gasteiger partial charge in [0, 0.05) is 18.5 Å². The Morgan fingerprint density at radius 3 is 3.07 bits per heavy atom. The maximum atomic E-state index is 10.5. The summed E-state index contributed by atoms with van der Waals surface area (Å²) in [5, 5.41) is 10.6. The molecule has 0 saturated carbocycles. The molecule has 0 unspecified atom stereocenters. The Kier molecular flexibility index (Phi) is 4.28. The van der Waals surface area contributed by atoms with Crippen molar-refractivity contribution < 1.29 is 9.90 Å².